The predicted octanol–water partition coefficient (Wildman–Crippen LogP) is 1.70. The van der Waals surface area contributed by atoms with Gasteiger partial charge in [-0.2, -0.15) is 5.26 Å². The van der Waals surface area contributed by atoms with E-state index in [1.54, 1.807) is 0 Å². The highest BCUT2D eigenvalue weighted by molar-refractivity contribution is 5.28. The number of rotatable bonds is 7. The molecule has 1 atom stereocenters. The van der Waals surface area contributed by atoms with Crippen LogP contribution >= 0.6 is 0 Å². The Labute approximate surface area is 108 Å². The van der Waals surface area contributed by atoms with E-state index in [1.807, 2.05) is 30.3 Å². The molecule has 0 radical (unpaired) electrons. The number of hydrogen-bond donors (Lipinski definition) is 2. The van der Waals surface area contributed by atoms with Crippen molar-refractivity contribution in [1.82, 2.24) is 5.32 Å². The van der Waals surface area contributed by atoms with Crippen molar-refractivity contribution in [3.05, 3.63) is 29.8 Å². The summed E-state index contributed by atoms with van der Waals surface area (Å²) >= 11 is 0. The van der Waals surface area contributed by atoms with Crippen molar-refractivity contribution < 1.29 is 9.84 Å². The maximum Gasteiger partial charge on any atom is 0.174 e. The minimum absolute atomic E-state index is 0.0577. The topological polar surface area (TPSA) is 65.3 Å². The van der Waals surface area contributed by atoms with Gasteiger partial charge in [0.2, 0.25) is 0 Å². The Bertz CT molecular complexity index is 399. The fraction of sp³-hybridized carbons (Fsp3) is 0.500. The molecule has 0 aliphatic rings. The second-order valence-electron chi connectivity index (χ2n) is 4.51. The van der Waals surface area contributed by atoms with Crippen LogP contribution in [0.15, 0.2) is 24.3 Å². The molecule has 1 unspecified atom stereocenters. The van der Waals surface area contributed by atoms with Crippen molar-refractivity contribution in [2.24, 2.45) is 5.92 Å². The fourth-order valence-corrected chi connectivity index (χ4v) is 1.62. The first kappa shape index (κ1) is 14.5. The monoisotopic (exact) mass is 248 g/mol. The molecule has 4 nitrogen and oxygen atoms in total. The molecule has 4 heteroatoms. The minimum atomic E-state index is 0.0577. The van der Waals surface area contributed by atoms with Gasteiger partial charge in [0.1, 0.15) is 11.8 Å². The van der Waals surface area contributed by atoms with Crippen molar-refractivity contribution >= 4 is 0 Å². The molecule has 1 aromatic carbocycles. The molecule has 0 heterocycles. The van der Waals surface area contributed by atoms with Crippen molar-refractivity contribution in [2.75, 3.05) is 13.2 Å². The molecule has 0 aromatic heterocycles. The number of nitrogens with zero attached hydrogens (tertiary/aromatic N) is 1. The van der Waals surface area contributed by atoms with Gasteiger partial charge in [0.25, 0.3) is 0 Å². The van der Waals surface area contributed by atoms with Crippen LogP contribution in [0, 0.1) is 17.2 Å². The number of nitrogens with one attached hydrogen (secondary N) is 1. The van der Waals surface area contributed by atoms with E-state index < -0.39 is 0 Å². The first-order valence-corrected chi connectivity index (χ1v) is 6.10. The highest BCUT2D eigenvalue weighted by Crippen LogP contribution is 2.13. The second-order valence-corrected chi connectivity index (χ2v) is 4.51. The fourth-order valence-electron chi connectivity index (χ4n) is 1.62. The Kier molecular flexibility index (Phi) is 6.20. The van der Waals surface area contributed by atoms with E-state index in [0.717, 1.165) is 5.56 Å². The van der Waals surface area contributed by atoms with Gasteiger partial charge in [0.15, 0.2) is 6.61 Å². The molecule has 18 heavy (non-hydrogen) atoms. The normalized spacial score (nSPS) is 12.2. The lowest BCUT2D eigenvalue weighted by atomic mass is 10.1. The van der Waals surface area contributed by atoms with E-state index in [1.165, 1.54) is 0 Å². The minimum Gasteiger partial charge on any atom is -0.479 e. The quantitative estimate of drug-likeness (QED) is 0.770. The molecule has 0 spiro atoms. The summed E-state index contributed by atoms with van der Waals surface area (Å²) in [5.41, 5.74) is 1.07. The Morgan fingerprint density at radius 2 is 2.22 bits per heavy atom. The zero-order chi connectivity index (χ0) is 13.4. The molecule has 0 aliphatic carbocycles. The Hall–Kier alpha value is -1.57. The van der Waals surface area contributed by atoms with Crippen LogP contribution < -0.4 is 10.1 Å². The molecule has 0 aliphatic heterocycles. The summed E-state index contributed by atoms with van der Waals surface area (Å²) in [6, 6.07) is 9.64. The van der Waals surface area contributed by atoms with Gasteiger partial charge < -0.3 is 15.2 Å². The maximum atomic E-state index is 9.22. The van der Waals surface area contributed by atoms with Crippen molar-refractivity contribution in [2.45, 2.75) is 26.4 Å². The third-order valence-corrected chi connectivity index (χ3v) is 2.77. The van der Waals surface area contributed by atoms with E-state index in [-0.39, 0.29) is 19.3 Å². The summed E-state index contributed by atoms with van der Waals surface area (Å²) in [6.07, 6.45) is 0. The highest BCUT2D eigenvalue weighted by atomic mass is 16.5. The smallest absolute Gasteiger partial charge is 0.174 e. The van der Waals surface area contributed by atoms with Gasteiger partial charge in [-0.1, -0.05) is 26.0 Å². The van der Waals surface area contributed by atoms with Crippen LogP contribution in [-0.4, -0.2) is 24.4 Å². The molecule has 98 valence electrons. The van der Waals surface area contributed by atoms with Gasteiger partial charge in [-0.3, -0.25) is 0 Å². The van der Waals surface area contributed by atoms with E-state index in [0.29, 0.717) is 18.2 Å². The SMILES string of the molecule is CC(C)C(CO)NCc1cccc(OCC#N)c1. The summed E-state index contributed by atoms with van der Waals surface area (Å²) in [5.74, 6) is 1.08. The number of aliphatic hydroxyl groups is 1. The van der Waals surface area contributed by atoms with Crippen molar-refractivity contribution in [3.8, 4) is 11.8 Å². The van der Waals surface area contributed by atoms with Gasteiger partial charge in [0.05, 0.1) is 6.61 Å². The molecule has 1 rings (SSSR count). The van der Waals surface area contributed by atoms with E-state index in [9.17, 15) is 5.11 Å². The number of hydrogen-bond acceptors (Lipinski definition) is 4. The van der Waals surface area contributed by atoms with Crippen LogP contribution in [-0.2, 0) is 6.54 Å². The first-order valence-electron chi connectivity index (χ1n) is 6.10. The summed E-state index contributed by atoms with van der Waals surface area (Å²) in [4.78, 5) is 0. The summed E-state index contributed by atoms with van der Waals surface area (Å²) in [5, 5.41) is 21.0. The van der Waals surface area contributed by atoms with Gasteiger partial charge in [0, 0.05) is 12.6 Å². The molecule has 0 amide bonds. The summed E-state index contributed by atoms with van der Waals surface area (Å²) < 4.78 is 5.24. The zero-order valence-electron chi connectivity index (χ0n) is 10.9. The van der Waals surface area contributed by atoms with Crippen LogP contribution in [0.3, 0.4) is 0 Å². The molecule has 2 N–H and O–H groups in total. The van der Waals surface area contributed by atoms with Gasteiger partial charge >= 0.3 is 0 Å². The predicted molar refractivity (Wildman–Crippen MR) is 70.1 cm³/mol. The van der Waals surface area contributed by atoms with Crippen LogP contribution in [0.5, 0.6) is 5.75 Å². The van der Waals surface area contributed by atoms with Gasteiger partial charge in [-0.15, -0.1) is 0 Å². The second kappa shape index (κ2) is 7.70. The van der Waals surface area contributed by atoms with Gasteiger partial charge in [-0.05, 0) is 23.6 Å². The molecule has 0 saturated carbocycles. The highest BCUT2D eigenvalue weighted by Gasteiger charge is 2.10. The van der Waals surface area contributed by atoms with Crippen LogP contribution in [0.4, 0.5) is 0 Å². The van der Waals surface area contributed by atoms with E-state index in [2.05, 4.69) is 19.2 Å². The molecular formula is C14H20N2O2. The molecular weight excluding hydrogens is 228 g/mol. The first-order chi connectivity index (χ1) is 8.67. The van der Waals surface area contributed by atoms with Crippen molar-refractivity contribution in [3.63, 3.8) is 0 Å². The average molecular weight is 248 g/mol. The third-order valence-electron chi connectivity index (χ3n) is 2.77. The molecule has 0 saturated heterocycles. The van der Waals surface area contributed by atoms with E-state index in [4.69, 9.17) is 10.00 Å². The zero-order valence-corrected chi connectivity index (χ0v) is 10.9. The Morgan fingerprint density at radius 3 is 2.83 bits per heavy atom. The number of aliphatic hydroxyl groups excluding tert-OH is 1. The lowest BCUT2D eigenvalue weighted by Crippen LogP contribution is -2.36. The molecule has 1 aromatic rings. The number of nitriles is 1. The molecule has 0 bridgehead atoms. The lowest BCUT2D eigenvalue weighted by Gasteiger charge is -2.20. The summed E-state index contributed by atoms with van der Waals surface area (Å²) in [7, 11) is 0. The average Bonchev–Trinajstić information content (AvgIpc) is 2.37. The Morgan fingerprint density at radius 1 is 1.44 bits per heavy atom. The van der Waals surface area contributed by atoms with Crippen LogP contribution in [0.25, 0.3) is 0 Å². The Balaban J connectivity index is 2.54. The van der Waals surface area contributed by atoms with Crippen LogP contribution in [0.1, 0.15) is 19.4 Å². The standard InChI is InChI=1S/C14H20N2O2/c1-11(2)14(10-17)16-9-12-4-3-5-13(8-12)18-7-6-15/h3-5,8,11,14,16-17H,7,9-10H2,1-2H3. The number of ether oxygens (including phenoxy) is 1. The van der Waals surface area contributed by atoms with Crippen molar-refractivity contribution in [1.29, 1.82) is 5.26 Å². The van der Waals surface area contributed by atoms with Gasteiger partial charge in [-0.25, -0.2) is 0 Å². The van der Waals surface area contributed by atoms with Crippen LogP contribution in [0.2, 0.25) is 0 Å². The third kappa shape index (κ3) is 4.74. The van der Waals surface area contributed by atoms with E-state index >= 15 is 0 Å². The maximum absolute atomic E-state index is 9.22. The number of benzene rings is 1. The molecule has 0 fully saturated rings. The summed E-state index contributed by atoms with van der Waals surface area (Å²) in [6.45, 7) is 5.00. The lowest BCUT2D eigenvalue weighted by molar-refractivity contribution is 0.210. The largest absolute Gasteiger partial charge is 0.479 e.